The number of pyridine rings is 1. The van der Waals surface area contributed by atoms with Crippen molar-refractivity contribution in [2.75, 3.05) is 25.5 Å². The number of nitrogens with zero attached hydrogens (tertiary/aromatic N) is 2. The smallest absolute Gasteiger partial charge is 0.254 e. The summed E-state index contributed by atoms with van der Waals surface area (Å²) in [5.74, 6) is 0.773. The van der Waals surface area contributed by atoms with E-state index in [4.69, 9.17) is 0 Å². The molecular formula is C15H19N3O. The maximum absolute atomic E-state index is 12.4. The number of hydrogen-bond acceptors (Lipinski definition) is 3. The summed E-state index contributed by atoms with van der Waals surface area (Å²) in [4.78, 5) is 18.6. The van der Waals surface area contributed by atoms with Crippen LogP contribution in [0.2, 0.25) is 0 Å². The lowest BCUT2D eigenvalue weighted by atomic mass is 10.1. The second-order valence-corrected chi connectivity index (χ2v) is 4.42. The van der Waals surface area contributed by atoms with Crippen LogP contribution in [0.25, 0.3) is 10.9 Å². The zero-order valence-electron chi connectivity index (χ0n) is 11.6. The Bertz CT molecular complexity index is 595. The molecule has 0 radical (unpaired) electrons. The maximum Gasteiger partial charge on any atom is 0.254 e. The molecule has 2 aromatic rings. The summed E-state index contributed by atoms with van der Waals surface area (Å²) in [5, 5.41) is 4.07. The third-order valence-corrected chi connectivity index (χ3v) is 3.13. The van der Waals surface area contributed by atoms with Crippen LogP contribution >= 0.6 is 0 Å². The van der Waals surface area contributed by atoms with Crippen LogP contribution in [0.4, 0.5) is 5.82 Å². The molecule has 4 heteroatoms. The highest BCUT2D eigenvalue weighted by molar-refractivity contribution is 6.06. The molecule has 4 nitrogen and oxygen atoms in total. The molecule has 0 aliphatic heterocycles. The van der Waals surface area contributed by atoms with Gasteiger partial charge in [-0.2, -0.15) is 0 Å². The highest BCUT2D eigenvalue weighted by Crippen LogP contribution is 2.21. The normalized spacial score (nSPS) is 10.5. The van der Waals surface area contributed by atoms with Gasteiger partial charge in [0.05, 0.1) is 11.1 Å². The fraction of sp³-hybridized carbons (Fsp3) is 0.333. The van der Waals surface area contributed by atoms with E-state index in [0.717, 1.165) is 23.3 Å². The second kappa shape index (κ2) is 5.69. The number of anilines is 1. The highest BCUT2D eigenvalue weighted by atomic mass is 16.2. The second-order valence-electron chi connectivity index (χ2n) is 4.42. The van der Waals surface area contributed by atoms with Crippen LogP contribution in [0, 0.1) is 0 Å². The van der Waals surface area contributed by atoms with E-state index in [1.807, 2.05) is 51.2 Å². The van der Waals surface area contributed by atoms with Gasteiger partial charge in [-0.25, -0.2) is 4.98 Å². The van der Waals surface area contributed by atoms with Crippen LogP contribution in [0.5, 0.6) is 0 Å². The summed E-state index contributed by atoms with van der Waals surface area (Å²) in [6.45, 7) is 5.44. The van der Waals surface area contributed by atoms with E-state index >= 15 is 0 Å². The molecule has 0 atom stereocenters. The largest absolute Gasteiger partial charge is 0.370 e. The molecule has 0 saturated carbocycles. The molecule has 0 bridgehead atoms. The van der Waals surface area contributed by atoms with Crippen molar-refractivity contribution >= 4 is 22.6 Å². The minimum Gasteiger partial charge on any atom is -0.370 e. The first-order valence-electron chi connectivity index (χ1n) is 6.56. The van der Waals surface area contributed by atoms with Gasteiger partial charge in [0.1, 0.15) is 5.82 Å². The molecule has 2 rings (SSSR count). The standard InChI is InChI=1S/C15H19N3O/c1-4-16-14-10-12(15(19)18(3)5-2)11-8-6-7-9-13(11)17-14/h6-10H,4-5H2,1-3H3,(H,16,17). The van der Waals surface area contributed by atoms with Gasteiger partial charge in [0.2, 0.25) is 0 Å². The van der Waals surface area contributed by atoms with Crippen molar-refractivity contribution in [3.63, 3.8) is 0 Å². The summed E-state index contributed by atoms with van der Waals surface area (Å²) in [6.07, 6.45) is 0. The average molecular weight is 257 g/mol. The average Bonchev–Trinajstić information content (AvgIpc) is 2.45. The molecule has 0 spiro atoms. The number of benzene rings is 1. The summed E-state index contributed by atoms with van der Waals surface area (Å²) in [6, 6.07) is 9.57. The van der Waals surface area contributed by atoms with Gasteiger partial charge in [-0.05, 0) is 26.0 Å². The number of amides is 1. The predicted molar refractivity (Wildman–Crippen MR) is 78.5 cm³/mol. The Labute approximate surface area is 113 Å². The van der Waals surface area contributed by atoms with Crippen LogP contribution < -0.4 is 5.32 Å². The van der Waals surface area contributed by atoms with Crippen molar-refractivity contribution < 1.29 is 4.79 Å². The van der Waals surface area contributed by atoms with Crippen LogP contribution in [-0.4, -0.2) is 35.9 Å². The molecule has 19 heavy (non-hydrogen) atoms. The first-order valence-corrected chi connectivity index (χ1v) is 6.56. The van der Waals surface area contributed by atoms with Crippen LogP contribution in [0.3, 0.4) is 0 Å². The van der Waals surface area contributed by atoms with Crippen molar-refractivity contribution in [1.29, 1.82) is 0 Å². The van der Waals surface area contributed by atoms with E-state index in [-0.39, 0.29) is 5.91 Å². The molecule has 1 heterocycles. The van der Waals surface area contributed by atoms with Crippen molar-refractivity contribution in [3.05, 3.63) is 35.9 Å². The number of nitrogens with one attached hydrogen (secondary N) is 1. The molecule has 0 saturated heterocycles. The van der Waals surface area contributed by atoms with Crippen molar-refractivity contribution in [2.24, 2.45) is 0 Å². The van der Waals surface area contributed by atoms with Gasteiger partial charge in [-0.3, -0.25) is 4.79 Å². The van der Waals surface area contributed by atoms with Gasteiger partial charge >= 0.3 is 0 Å². The fourth-order valence-corrected chi connectivity index (χ4v) is 1.97. The molecule has 0 aliphatic carbocycles. The zero-order chi connectivity index (χ0) is 13.8. The van der Waals surface area contributed by atoms with Gasteiger partial charge in [0, 0.05) is 25.5 Å². The van der Waals surface area contributed by atoms with E-state index in [1.165, 1.54) is 0 Å². The van der Waals surface area contributed by atoms with Crippen LogP contribution in [0.1, 0.15) is 24.2 Å². The number of aromatic nitrogens is 1. The first kappa shape index (κ1) is 13.3. The monoisotopic (exact) mass is 257 g/mol. The van der Waals surface area contributed by atoms with Gasteiger partial charge in [0.15, 0.2) is 0 Å². The number of para-hydroxylation sites is 1. The third-order valence-electron chi connectivity index (χ3n) is 3.13. The summed E-state index contributed by atoms with van der Waals surface area (Å²) in [7, 11) is 1.81. The van der Waals surface area contributed by atoms with Crippen LogP contribution in [0.15, 0.2) is 30.3 Å². The van der Waals surface area contributed by atoms with E-state index in [0.29, 0.717) is 12.1 Å². The summed E-state index contributed by atoms with van der Waals surface area (Å²) in [5.41, 5.74) is 1.54. The SMILES string of the molecule is CCNc1cc(C(=O)N(C)CC)c2ccccc2n1. The molecule has 0 unspecified atom stereocenters. The number of hydrogen-bond donors (Lipinski definition) is 1. The van der Waals surface area contributed by atoms with Crippen molar-refractivity contribution in [1.82, 2.24) is 9.88 Å². The summed E-state index contributed by atoms with van der Waals surface area (Å²) < 4.78 is 0. The molecule has 1 amide bonds. The van der Waals surface area contributed by atoms with Crippen molar-refractivity contribution in [3.8, 4) is 0 Å². The Morgan fingerprint density at radius 3 is 2.74 bits per heavy atom. The molecule has 0 aliphatic rings. The minimum atomic E-state index is 0.0280. The number of fused-ring (bicyclic) bond motifs is 1. The lowest BCUT2D eigenvalue weighted by molar-refractivity contribution is 0.0804. The van der Waals surface area contributed by atoms with Crippen LogP contribution in [-0.2, 0) is 0 Å². The minimum absolute atomic E-state index is 0.0280. The first-order chi connectivity index (χ1) is 9.17. The zero-order valence-corrected chi connectivity index (χ0v) is 11.6. The van der Waals surface area contributed by atoms with Crippen molar-refractivity contribution in [2.45, 2.75) is 13.8 Å². The Morgan fingerprint density at radius 1 is 1.32 bits per heavy atom. The van der Waals surface area contributed by atoms with E-state index < -0.39 is 0 Å². The third kappa shape index (κ3) is 2.67. The Balaban J connectivity index is 2.59. The topological polar surface area (TPSA) is 45.2 Å². The maximum atomic E-state index is 12.4. The molecule has 1 aromatic carbocycles. The molecular weight excluding hydrogens is 238 g/mol. The van der Waals surface area contributed by atoms with E-state index in [1.54, 1.807) is 4.90 Å². The van der Waals surface area contributed by atoms with E-state index in [9.17, 15) is 4.79 Å². The molecule has 100 valence electrons. The Hall–Kier alpha value is -2.10. The molecule has 0 fully saturated rings. The van der Waals surface area contributed by atoms with Gasteiger partial charge in [0.25, 0.3) is 5.91 Å². The highest BCUT2D eigenvalue weighted by Gasteiger charge is 2.15. The molecule has 1 N–H and O–H groups in total. The lowest BCUT2D eigenvalue weighted by Gasteiger charge is -2.16. The number of rotatable bonds is 4. The Kier molecular flexibility index (Phi) is 4.00. The number of carbonyl (C=O) groups is 1. The van der Waals surface area contributed by atoms with E-state index in [2.05, 4.69) is 10.3 Å². The van der Waals surface area contributed by atoms with Gasteiger partial charge in [-0.15, -0.1) is 0 Å². The fourth-order valence-electron chi connectivity index (χ4n) is 1.97. The van der Waals surface area contributed by atoms with Gasteiger partial charge < -0.3 is 10.2 Å². The molecule has 1 aromatic heterocycles. The lowest BCUT2D eigenvalue weighted by Crippen LogP contribution is -2.26. The predicted octanol–water partition coefficient (Wildman–Crippen LogP) is 2.76. The summed E-state index contributed by atoms with van der Waals surface area (Å²) >= 11 is 0. The number of carbonyl (C=O) groups excluding carboxylic acids is 1. The quantitative estimate of drug-likeness (QED) is 0.916. The van der Waals surface area contributed by atoms with Gasteiger partial charge in [-0.1, -0.05) is 18.2 Å². The Morgan fingerprint density at radius 2 is 2.05 bits per heavy atom.